The molecule has 0 aromatic rings. The normalized spacial score (nSPS) is 21.4. The fraction of sp³-hybridized carbons (Fsp3) is 0.625. The van der Waals surface area contributed by atoms with Crippen LogP contribution in [-0.4, -0.2) is 49.5 Å². The highest BCUT2D eigenvalue weighted by Gasteiger charge is 2.33. The second-order valence-electron chi connectivity index (χ2n) is 3.24. The van der Waals surface area contributed by atoms with Gasteiger partial charge in [0.1, 0.15) is 11.8 Å². The minimum atomic E-state index is -0.750. The first-order chi connectivity index (χ1) is 7.06. The van der Waals surface area contributed by atoms with Crippen molar-refractivity contribution in [3.05, 3.63) is 0 Å². The van der Waals surface area contributed by atoms with Gasteiger partial charge in [-0.2, -0.15) is 0 Å². The molecule has 1 fully saturated rings. The van der Waals surface area contributed by atoms with Crippen LogP contribution < -0.4 is 11.1 Å². The SMILES string of the molecule is COCCN1CC(C(=N)N)C(=O)NC1=O. The Balaban J connectivity index is 2.62. The van der Waals surface area contributed by atoms with Crippen molar-refractivity contribution in [3.63, 3.8) is 0 Å². The molecule has 0 aromatic heterocycles. The smallest absolute Gasteiger partial charge is 0.324 e. The Morgan fingerprint density at radius 1 is 1.73 bits per heavy atom. The van der Waals surface area contributed by atoms with Gasteiger partial charge >= 0.3 is 6.03 Å². The van der Waals surface area contributed by atoms with E-state index >= 15 is 0 Å². The summed E-state index contributed by atoms with van der Waals surface area (Å²) in [6, 6.07) is -0.463. The highest BCUT2D eigenvalue weighted by Crippen LogP contribution is 2.07. The third-order valence-corrected chi connectivity index (χ3v) is 2.18. The molecule has 1 aliphatic heterocycles. The minimum absolute atomic E-state index is 0.142. The molecule has 1 heterocycles. The van der Waals surface area contributed by atoms with Crippen LogP contribution in [0.25, 0.3) is 0 Å². The lowest BCUT2D eigenvalue weighted by Crippen LogP contribution is -2.58. The standard InChI is InChI=1S/C8H14N4O3/c1-15-3-2-12-4-5(6(9)10)7(13)11-8(12)14/h5H,2-4H2,1H3,(H3,9,10)(H,11,13,14). The fourth-order valence-corrected chi connectivity index (χ4v) is 1.29. The van der Waals surface area contributed by atoms with Gasteiger partial charge in [0, 0.05) is 20.2 Å². The van der Waals surface area contributed by atoms with E-state index in [1.165, 1.54) is 12.0 Å². The number of urea groups is 1. The van der Waals surface area contributed by atoms with Gasteiger partial charge < -0.3 is 15.4 Å². The molecule has 0 saturated carbocycles. The Morgan fingerprint density at radius 3 is 2.93 bits per heavy atom. The van der Waals surface area contributed by atoms with Crippen LogP contribution in [0.5, 0.6) is 0 Å². The van der Waals surface area contributed by atoms with E-state index in [9.17, 15) is 9.59 Å². The quantitative estimate of drug-likeness (QED) is 0.400. The molecular weight excluding hydrogens is 200 g/mol. The van der Waals surface area contributed by atoms with Gasteiger partial charge in [-0.1, -0.05) is 0 Å². The number of carbonyl (C=O) groups is 2. The Kier molecular flexibility index (Phi) is 3.62. The van der Waals surface area contributed by atoms with Crippen LogP contribution in [0.15, 0.2) is 0 Å². The van der Waals surface area contributed by atoms with Crippen LogP contribution in [0.3, 0.4) is 0 Å². The largest absolute Gasteiger partial charge is 0.387 e. The van der Waals surface area contributed by atoms with Gasteiger partial charge in [0.15, 0.2) is 0 Å². The maximum Gasteiger partial charge on any atom is 0.324 e. The van der Waals surface area contributed by atoms with Gasteiger partial charge in [0.25, 0.3) is 0 Å². The predicted molar refractivity (Wildman–Crippen MR) is 52.4 cm³/mol. The minimum Gasteiger partial charge on any atom is -0.387 e. The number of amides is 3. The number of rotatable bonds is 4. The Morgan fingerprint density at radius 2 is 2.40 bits per heavy atom. The van der Waals surface area contributed by atoms with E-state index in [-0.39, 0.29) is 12.4 Å². The predicted octanol–water partition coefficient (Wildman–Crippen LogP) is -1.26. The average molecular weight is 214 g/mol. The molecule has 0 spiro atoms. The third kappa shape index (κ3) is 2.66. The van der Waals surface area contributed by atoms with Crippen LogP contribution >= 0.6 is 0 Å². The van der Waals surface area contributed by atoms with E-state index in [0.29, 0.717) is 13.2 Å². The van der Waals surface area contributed by atoms with Gasteiger partial charge in [-0.15, -0.1) is 0 Å². The van der Waals surface area contributed by atoms with Crippen molar-refractivity contribution < 1.29 is 14.3 Å². The lowest BCUT2D eigenvalue weighted by atomic mass is 10.1. The monoisotopic (exact) mass is 214 g/mol. The number of methoxy groups -OCH3 is 1. The van der Waals surface area contributed by atoms with Crippen molar-refractivity contribution in [1.29, 1.82) is 5.41 Å². The number of imide groups is 1. The first-order valence-corrected chi connectivity index (χ1v) is 4.49. The van der Waals surface area contributed by atoms with Crippen LogP contribution in [0, 0.1) is 11.3 Å². The lowest BCUT2D eigenvalue weighted by molar-refractivity contribution is -0.123. The van der Waals surface area contributed by atoms with Crippen molar-refractivity contribution >= 4 is 17.8 Å². The Hall–Kier alpha value is -1.63. The molecule has 0 aromatic carbocycles. The van der Waals surface area contributed by atoms with E-state index in [1.54, 1.807) is 0 Å². The second-order valence-corrected chi connectivity index (χ2v) is 3.24. The van der Waals surface area contributed by atoms with E-state index in [1.807, 2.05) is 0 Å². The number of nitrogens with one attached hydrogen (secondary N) is 2. The number of amidine groups is 1. The van der Waals surface area contributed by atoms with E-state index in [0.717, 1.165) is 0 Å². The molecule has 3 amide bonds. The number of hydrogen-bond donors (Lipinski definition) is 3. The van der Waals surface area contributed by atoms with Crippen molar-refractivity contribution in [2.24, 2.45) is 11.7 Å². The van der Waals surface area contributed by atoms with E-state index < -0.39 is 17.9 Å². The molecule has 7 heteroatoms. The van der Waals surface area contributed by atoms with Gasteiger partial charge in [0.2, 0.25) is 5.91 Å². The van der Waals surface area contributed by atoms with Crippen LogP contribution in [0.1, 0.15) is 0 Å². The van der Waals surface area contributed by atoms with Crippen LogP contribution in [0.2, 0.25) is 0 Å². The van der Waals surface area contributed by atoms with Gasteiger partial charge in [0.05, 0.1) is 6.61 Å². The maximum absolute atomic E-state index is 11.3. The van der Waals surface area contributed by atoms with E-state index in [4.69, 9.17) is 15.9 Å². The zero-order valence-corrected chi connectivity index (χ0v) is 8.45. The first-order valence-electron chi connectivity index (χ1n) is 4.49. The fourth-order valence-electron chi connectivity index (χ4n) is 1.29. The zero-order chi connectivity index (χ0) is 11.4. The lowest BCUT2D eigenvalue weighted by Gasteiger charge is -2.31. The zero-order valence-electron chi connectivity index (χ0n) is 8.45. The van der Waals surface area contributed by atoms with Gasteiger partial charge in [-0.05, 0) is 0 Å². The molecule has 7 nitrogen and oxygen atoms in total. The number of ether oxygens (including phenoxy) is 1. The highest BCUT2D eigenvalue weighted by atomic mass is 16.5. The highest BCUT2D eigenvalue weighted by molar-refractivity contribution is 6.08. The van der Waals surface area contributed by atoms with Crippen molar-refractivity contribution in [3.8, 4) is 0 Å². The molecular formula is C8H14N4O3. The molecule has 84 valence electrons. The summed E-state index contributed by atoms with van der Waals surface area (Å²) in [5, 5.41) is 9.34. The van der Waals surface area contributed by atoms with Gasteiger partial charge in [-0.25, -0.2) is 4.79 Å². The molecule has 1 atom stereocenters. The summed E-state index contributed by atoms with van der Waals surface area (Å²) in [7, 11) is 1.52. The van der Waals surface area contributed by atoms with Crippen LogP contribution in [0.4, 0.5) is 4.79 Å². The van der Waals surface area contributed by atoms with Crippen molar-refractivity contribution in [1.82, 2.24) is 10.2 Å². The summed E-state index contributed by atoms with van der Waals surface area (Å²) in [6.45, 7) is 0.898. The molecule has 1 saturated heterocycles. The molecule has 1 rings (SSSR count). The van der Waals surface area contributed by atoms with Crippen LogP contribution in [-0.2, 0) is 9.53 Å². The number of hydrogen-bond acceptors (Lipinski definition) is 4. The molecule has 4 N–H and O–H groups in total. The van der Waals surface area contributed by atoms with Gasteiger partial charge in [-0.3, -0.25) is 15.5 Å². The topological polar surface area (TPSA) is 109 Å². The number of carbonyl (C=O) groups excluding carboxylic acids is 2. The third-order valence-electron chi connectivity index (χ3n) is 2.18. The second kappa shape index (κ2) is 4.74. The first kappa shape index (κ1) is 11.4. The molecule has 1 aliphatic rings. The number of nitrogens with zero attached hydrogens (tertiary/aromatic N) is 1. The Labute approximate surface area is 87.1 Å². The molecule has 15 heavy (non-hydrogen) atoms. The van der Waals surface area contributed by atoms with E-state index in [2.05, 4.69) is 5.32 Å². The molecule has 0 radical (unpaired) electrons. The molecule has 0 aliphatic carbocycles. The Bertz CT molecular complexity index is 292. The number of nitrogens with two attached hydrogens (primary N) is 1. The molecule has 0 bridgehead atoms. The average Bonchev–Trinajstić information content (AvgIpc) is 2.16. The summed E-state index contributed by atoms with van der Waals surface area (Å²) in [5.41, 5.74) is 5.25. The van der Waals surface area contributed by atoms with Crippen molar-refractivity contribution in [2.75, 3.05) is 26.8 Å². The summed E-state index contributed by atoms with van der Waals surface area (Å²) in [4.78, 5) is 24.0. The summed E-state index contributed by atoms with van der Waals surface area (Å²) in [6.07, 6.45) is 0. The van der Waals surface area contributed by atoms with Crippen molar-refractivity contribution in [2.45, 2.75) is 0 Å². The summed E-state index contributed by atoms with van der Waals surface area (Å²) in [5.74, 6) is -1.50. The summed E-state index contributed by atoms with van der Waals surface area (Å²) >= 11 is 0. The molecule has 1 unspecified atom stereocenters. The maximum atomic E-state index is 11.3. The summed E-state index contributed by atoms with van der Waals surface area (Å²) < 4.78 is 4.82.